The number of halogens is 6. The average molecular weight is 287 g/mol. The van der Waals surface area contributed by atoms with Gasteiger partial charge in [0.1, 0.15) is 12.4 Å². The Morgan fingerprint density at radius 1 is 1.05 bits per heavy atom. The Bertz CT molecular complexity index is 403. The molecular formula is C11H11F6NO. The molecule has 1 aromatic rings. The molecule has 2 N–H and O–H groups in total. The van der Waals surface area contributed by atoms with Gasteiger partial charge in [-0.1, -0.05) is 12.1 Å². The summed E-state index contributed by atoms with van der Waals surface area (Å²) in [5, 5.41) is 0. The maximum Gasteiger partial charge on any atom is 0.455 e. The molecule has 108 valence electrons. The maximum absolute atomic E-state index is 12.6. The van der Waals surface area contributed by atoms with Crippen molar-refractivity contribution in [3.63, 3.8) is 0 Å². The molecule has 0 aliphatic rings. The maximum atomic E-state index is 12.6. The molecule has 0 amide bonds. The molecule has 1 unspecified atom stereocenters. The minimum absolute atomic E-state index is 0.372. The van der Waals surface area contributed by atoms with Crippen molar-refractivity contribution in [3.05, 3.63) is 35.6 Å². The molecule has 0 fully saturated rings. The van der Waals surface area contributed by atoms with Crippen molar-refractivity contribution in [1.82, 2.24) is 0 Å². The summed E-state index contributed by atoms with van der Waals surface area (Å²) in [4.78, 5) is 0. The van der Waals surface area contributed by atoms with Crippen LogP contribution in [0.5, 0.6) is 0 Å². The topological polar surface area (TPSA) is 35.2 Å². The first-order valence-electron chi connectivity index (χ1n) is 5.17. The third-order valence-corrected chi connectivity index (χ3v) is 2.29. The van der Waals surface area contributed by atoms with Gasteiger partial charge in [0, 0.05) is 0 Å². The Morgan fingerprint density at radius 3 is 2.05 bits per heavy atom. The lowest BCUT2D eigenvalue weighted by Crippen LogP contribution is -2.41. The second-order valence-corrected chi connectivity index (χ2v) is 3.88. The molecule has 1 aromatic carbocycles. The smallest absolute Gasteiger partial charge is 0.373 e. The largest absolute Gasteiger partial charge is 0.455 e. The highest BCUT2D eigenvalue weighted by atomic mass is 19.4. The van der Waals surface area contributed by atoms with Gasteiger partial charge in [0.2, 0.25) is 0 Å². The molecule has 0 aliphatic heterocycles. The van der Waals surface area contributed by atoms with Gasteiger partial charge in [-0.3, -0.25) is 0 Å². The molecule has 8 heteroatoms. The fourth-order valence-electron chi connectivity index (χ4n) is 1.20. The van der Waals surface area contributed by atoms with Gasteiger partial charge < -0.3 is 10.5 Å². The molecule has 2 nitrogen and oxygen atoms in total. The van der Waals surface area contributed by atoms with E-state index in [9.17, 15) is 26.3 Å². The van der Waals surface area contributed by atoms with Crippen LogP contribution in [0.2, 0.25) is 0 Å². The first-order valence-corrected chi connectivity index (χ1v) is 5.17. The molecule has 0 aromatic heterocycles. The van der Waals surface area contributed by atoms with Gasteiger partial charge in [-0.25, -0.2) is 4.39 Å². The van der Waals surface area contributed by atoms with Gasteiger partial charge in [0.25, 0.3) is 0 Å². The highest BCUT2D eigenvalue weighted by molar-refractivity contribution is 5.19. The lowest BCUT2D eigenvalue weighted by molar-refractivity contribution is -0.297. The summed E-state index contributed by atoms with van der Waals surface area (Å²) >= 11 is 0. The van der Waals surface area contributed by atoms with Crippen molar-refractivity contribution in [3.8, 4) is 0 Å². The van der Waals surface area contributed by atoms with Gasteiger partial charge in [0.15, 0.2) is 0 Å². The summed E-state index contributed by atoms with van der Waals surface area (Å²) in [5.41, 5.74) is 5.88. The van der Waals surface area contributed by atoms with Crippen molar-refractivity contribution in [2.24, 2.45) is 5.73 Å². The Kier molecular flexibility index (Phi) is 4.81. The molecule has 0 aliphatic carbocycles. The van der Waals surface area contributed by atoms with Crippen molar-refractivity contribution < 1.29 is 31.1 Å². The number of rotatable bonds is 5. The number of ether oxygens (including phenoxy) is 1. The Hall–Kier alpha value is -1.28. The number of alkyl halides is 5. The van der Waals surface area contributed by atoms with E-state index in [0.29, 0.717) is 5.56 Å². The lowest BCUT2D eigenvalue weighted by Gasteiger charge is -2.20. The number of benzene rings is 1. The Morgan fingerprint density at radius 2 is 1.58 bits per heavy atom. The monoisotopic (exact) mass is 287 g/mol. The van der Waals surface area contributed by atoms with Crippen LogP contribution in [0.15, 0.2) is 24.3 Å². The predicted octanol–water partition coefficient (Wildman–Crippen LogP) is 3.04. The minimum atomic E-state index is -5.66. The molecule has 19 heavy (non-hydrogen) atoms. The summed E-state index contributed by atoms with van der Waals surface area (Å²) in [5.74, 6) is -5.43. The van der Waals surface area contributed by atoms with Gasteiger partial charge in [-0.05, 0) is 17.7 Å². The second-order valence-electron chi connectivity index (χ2n) is 3.88. The minimum Gasteiger partial charge on any atom is -0.373 e. The molecule has 0 bridgehead atoms. The van der Waals surface area contributed by atoms with Crippen LogP contribution in [-0.2, 0) is 4.74 Å². The normalized spacial score (nSPS) is 14.5. The number of hydrogen-bond acceptors (Lipinski definition) is 2. The molecule has 0 spiro atoms. The molecule has 0 radical (unpaired) electrons. The van der Waals surface area contributed by atoms with Crippen LogP contribution in [0, 0.1) is 5.82 Å². The van der Waals surface area contributed by atoms with Crippen LogP contribution in [-0.4, -0.2) is 25.3 Å². The second kappa shape index (κ2) is 5.79. The van der Waals surface area contributed by atoms with Gasteiger partial charge >= 0.3 is 12.1 Å². The molecule has 0 heterocycles. The summed E-state index contributed by atoms with van der Waals surface area (Å²) in [6.07, 6.45) is -5.66. The van der Waals surface area contributed by atoms with E-state index in [4.69, 9.17) is 5.73 Å². The van der Waals surface area contributed by atoms with Crippen molar-refractivity contribution >= 4 is 0 Å². The van der Waals surface area contributed by atoms with Crippen molar-refractivity contribution in [2.75, 3.05) is 13.2 Å². The van der Waals surface area contributed by atoms with Crippen LogP contribution in [0.3, 0.4) is 0 Å². The van der Waals surface area contributed by atoms with E-state index in [2.05, 4.69) is 4.74 Å². The zero-order chi connectivity index (χ0) is 14.7. The van der Waals surface area contributed by atoms with E-state index in [0.717, 1.165) is 12.1 Å². The van der Waals surface area contributed by atoms with E-state index in [1.54, 1.807) is 0 Å². The van der Waals surface area contributed by atoms with E-state index in [1.165, 1.54) is 12.1 Å². The van der Waals surface area contributed by atoms with Crippen molar-refractivity contribution in [2.45, 2.75) is 18.1 Å². The fraction of sp³-hybridized carbons (Fsp3) is 0.455. The molecule has 1 atom stereocenters. The van der Waals surface area contributed by atoms with Crippen LogP contribution >= 0.6 is 0 Å². The van der Waals surface area contributed by atoms with Crippen LogP contribution in [0.4, 0.5) is 26.3 Å². The fourth-order valence-corrected chi connectivity index (χ4v) is 1.20. The van der Waals surface area contributed by atoms with Crippen LogP contribution < -0.4 is 5.73 Å². The Labute approximate surface area is 105 Å². The zero-order valence-corrected chi connectivity index (χ0v) is 9.55. The first kappa shape index (κ1) is 15.8. The first-order chi connectivity index (χ1) is 8.63. The van der Waals surface area contributed by atoms with E-state index >= 15 is 0 Å². The summed E-state index contributed by atoms with van der Waals surface area (Å²) in [7, 11) is 0. The molecular weight excluding hydrogens is 276 g/mol. The van der Waals surface area contributed by atoms with E-state index in [1.807, 2.05) is 0 Å². The van der Waals surface area contributed by atoms with Crippen molar-refractivity contribution in [1.29, 1.82) is 0 Å². The zero-order valence-electron chi connectivity index (χ0n) is 9.55. The number of nitrogens with two attached hydrogens (primary N) is 1. The van der Waals surface area contributed by atoms with Crippen LogP contribution in [0.25, 0.3) is 0 Å². The van der Waals surface area contributed by atoms with E-state index < -0.39 is 37.2 Å². The SMILES string of the molecule is NC(COCC(F)(F)C(F)(F)F)c1ccc(F)cc1. The average Bonchev–Trinajstić information content (AvgIpc) is 2.28. The predicted molar refractivity (Wildman–Crippen MR) is 55.1 cm³/mol. The quantitative estimate of drug-likeness (QED) is 0.845. The Balaban J connectivity index is 2.47. The number of hydrogen-bond donors (Lipinski definition) is 1. The van der Waals surface area contributed by atoms with Gasteiger partial charge in [-0.15, -0.1) is 0 Å². The van der Waals surface area contributed by atoms with E-state index in [-0.39, 0.29) is 0 Å². The standard InChI is InChI=1S/C11H11F6NO/c12-8-3-1-7(2-4-8)9(18)5-19-6-10(13,14)11(15,16)17/h1-4,9H,5-6,18H2. The third-order valence-electron chi connectivity index (χ3n) is 2.29. The van der Waals surface area contributed by atoms with Crippen LogP contribution in [0.1, 0.15) is 11.6 Å². The molecule has 1 rings (SSSR count). The third kappa shape index (κ3) is 4.39. The lowest BCUT2D eigenvalue weighted by atomic mass is 10.1. The molecule has 0 saturated carbocycles. The highest BCUT2D eigenvalue weighted by Gasteiger charge is 2.57. The van der Waals surface area contributed by atoms with Gasteiger partial charge in [0.05, 0.1) is 12.6 Å². The molecule has 0 saturated heterocycles. The summed E-state index contributed by atoms with van der Waals surface area (Å²) in [6.45, 7) is -2.33. The summed E-state index contributed by atoms with van der Waals surface area (Å²) < 4.78 is 77.3. The summed E-state index contributed by atoms with van der Waals surface area (Å²) in [6, 6.07) is 3.87. The highest BCUT2D eigenvalue weighted by Crippen LogP contribution is 2.35. The van der Waals surface area contributed by atoms with Gasteiger partial charge in [-0.2, -0.15) is 22.0 Å².